The first-order valence-electron chi connectivity index (χ1n) is 7.42. The summed E-state index contributed by atoms with van der Waals surface area (Å²) in [5, 5.41) is -0.934. The van der Waals surface area contributed by atoms with Crippen LogP contribution >= 0.6 is 23.4 Å². The Morgan fingerprint density at radius 3 is 2.38 bits per heavy atom. The Balaban J connectivity index is 1.91. The Kier molecular flexibility index (Phi) is 4.90. The molecular formula is C17H12ClF3N2O2S. The van der Waals surface area contributed by atoms with Gasteiger partial charge in [-0.3, -0.25) is 9.59 Å². The van der Waals surface area contributed by atoms with Crippen LogP contribution in [0.25, 0.3) is 0 Å². The normalized spacial score (nSPS) is 17.8. The molecule has 1 fully saturated rings. The van der Waals surface area contributed by atoms with Crippen molar-refractivity contribution in [3.63, 3.8) is 0 Å². The molecule has 136 valence electrons. The van der Waals surface area contributed by atoms with Gasteiger partial charge in [0.2, 0.25) is 11.8 Å². The molecule has 3 rings (SSSR count). The van der Waals surface area contributed by atoms with Gasteiger partial charge in [0.15, 0.2) is 0 Å². The molecule has 1 aliphatic heterocycles. The van der Waals surface area contributed by atoms with Gasteiger partial charge < -0.3 is 5.73 Å². The lowest BCUT2D eigenvalue weighted by molar-refractivity contribution is -0.137. The van der Waals surface area contributed by atoms with Crippen molar-refractivity contribution in [3.05, 3.63) is 53.1 Å². The third-order valence-corrected chi connectivity index (χ3v) is 5.20. The van der Waals surface area contributed by atoms with Crippen molar-refractivity contribution in [2.75, 3.05) is 10.6 Å². The lowest BCUT2D eigenvalue weighted by Gasteiger charge is -2.20. The fourth-order valence-electron chi connectivity index (χ4n) is 2.59. The maximum atomic E-state index is 13.3. The van der Waals surface area contributed by atoms with Gasteiger partial charge in [-0.1, -0.05) is 11.6 Å². The lowest BCUT2D eigenvalue weighted by Crippen LogP contribution is -2.33. The number of amides is 2. The first-order chi connectivity index (χ1) is 12.2. The van der Waals surface area contributed by atoms with E-state index in [9.17, 15) is 22.8 Å². The first-order valence-corrected chi connectivity index (χ1v) is 8.68. The number of benzene rings is 2. The van der Waals surface area contributed by atoms with Crippen LogP contribution in [0.4, 0.5) is 24.5 Å². The molecule has 26 heavy (non-hydrogen) atoms. The molecule has 4 nitrogen and oxygen atoms in total. The van der Waals surface area contributed by atoms with E-state index >= 15 is 0 Å². The average molecular weight is 401 g/mol. The van der Waals surface area contributed by atoms with E-state index in [1.54, 1.807) is 24.3 Å². The molecule has 0 aromatic heterocycles. The first kappa shape index (κ1) is 18.6. The zero-order valence-corrected chi connectivity index (χ0v) is 14.7. The number of hydrogen-bond donors (Lipinski definition) is 1. The number of halogens is 4. The van der Waals surface area contributed by atoms with Crippen molar-refractivity contribution in [1.82, 2.24) is 0 Å². The number of hydrogen-bond acceptors (Lipinski definition) is 4. The molecule has 1 unspecified atom stereocenters. The van der Waals surface area contributed by atoms with Crippen LogP contribution in [-0.2, 0) is 15.8 Å². The van der Waals surface area contributed by atoms with Crippen molar-refractivity contribution in [1.29, 1.82) is 0 Å². The number of nitrogens with two attached hydrogens (primary N) is 1. The standard InChI is InChI=1S/C17H12ClF3N2O2S/c18-9-1-6-13(12(7-9)17(19,20)21)23-15(24)8-14(16(23)25)26-11-4-2-10(22)3-5-11/h1-7,14H,8,22H2. The van der Waals surface area contributed by atoms with Crippen molar-refractivity contribution in [3.8, 4) is 0 Å². The Morgan fingerprint density at radius 2 is 1.77 bits per heavy atom. The average Bonchev–Trinajstić information content (AvgIpc) is 2.83. The van der Waals surface area contributed by atoms with Gasteiger partial charge in [0.1, 0.15) is 0 Å². The van der Waals surface area contributed by atoms with Gasteiger partial charge in [-0.2, -0.15) is 13.2 Å². The molecule has 0 aliphatic carbocycles. The number of nitrogens with zero attached hydrogens (tertiary/aromatic N) is 1. The SMILES string of the molecule is Nc1ccc(SC2CC(=O)N(c3ccc(Cl)cc3C(F)(F)F)C2=O)cc1. The van der Waals surface area contributed by atoms with Gasteiger partial charge in [0.05, 0.1) is 16.5 Å². The number of carbonyl (C=O) groups is 2. The maximum Gasteiger partial charge on any atom is 0.418 e. The second-order valence-electron chi connectivity index (χ2n) is 5.61. The predicted octanol–water partition coefficient (Wildman–Crippen LogP) is 4.37. The molecule has 2 amide bonds. The third kappa shape index (κ3) is 3.66. The second-order valence-corrected chi connectivity index (χ2v) is 7.32. The van der Waals surface area contributed by atoms with Gasteiger partial charge in [-0.05, 0) is 42.5 Å². The third-order valence-electron chi connectivity index (χ3n) is 3.77. The largest absolute Gasteiger partial charge is 0.418 e. The van der Waals surface area contributed by atoms with E-state index in [-0.39, 0.29) is 11.4 Å². The van der Waals surface area contributed by atoms with Crippen LogP contribution in [0.2, 0.25) is 5.02 Å². The highest BCUT2D eigenvalue weighted by atomic mass is 35.5. The van der Waals surface area contributed by atoms with Crippen LogP contribution in [0.15, 0.2) is 47.4 Å². The number of thioether (sulfide) groups is 1. The quantitative estimate of drug-likeness (QED) is 0.614. The zero-order chi connectivity index (χ0) is 19.1. The van der Waals surface area contributed by atoms with Gasteiger partial charge in [-0.15, -0.1) is 11.8 Å². The number of anilines is 2. The summed E-state index contributed by atoms with van der Waals surface area (Å²) in [5.41, 5.74) is 4.52. The zero-order valence-electron chi connectivity index (χ0n) is 13.1. The predicted molar refractivity (Wildman–Crippen MR) is 94.1 cm³/mol. The summed E-state index contributed by atoms with van der Waals surface area (Å²) in [5.74, 6) is -1.37. The van der Waals surface area contributed by atoms with Crippen LogP contribution < -0.4 is 10.6 Å². The van der Waals surface area contributed by atoms with Gasteiger partial charge >= 0.3 is 6.18 Å². The van der Waals surface area contributed by atoms with E-state index < -0.39 is 34.5 Å². The minimum absolute atomic E-state index is 0.132. The molecule has 1 heterocycles. The topological polar surface area (TPSA) is 63.4 Å². The highest BCUT2D eigenvalue weighted by molar-refractivity contribution is 8.00. The monoisotopic (exact) mass is 400 g/mol. The fourth-order valence-corrected chi connectivity index (χ4v) is 3.82. The van der Waals surface area contributed by atoms with Gasteiger partial charge in [0.25, 0.3) is 0 Å². The summed E-state index contributed by atoms with van der Waals surface area (Å²) >= 11 is 6.76. The minimum atomic E-state index is -4.75. The molecule has 1 saturated heterocycles. The Bertz CT molecular complexity index is 871. The summed E-state index contributed by atoms with van der Waals surface area (Å²) < 4.78 is 39.9. The highest BCUT2D eigenvalue weighted by Gasteiger charge is 2.44. The summed E-state index contributed by atoms with van der Waals surface area (Å²) in [4.78, 5) is 26.2. The molecule has 2 aromatic carbocycles. The Morgan fingerprint density at radius 1 is 1.12 bits per heavy atom. The van der Waals surface area contributed by atoms with E-state index in [4.69, 9.17) is 17.3 Å². The number of carbonyl (C=O) groups excluding carboxylic acids is 2. The summed E-state index contributed by atoms with van der Waals surface area (Å²) in [7, 11) is 0. The molecular weight excluding hydrogens is 389 g/mol. The maximum absolute atomic E-state index is 13.3. The van der Waals surface area contributed by atoms with Crippen molar-refractivity contribution in [2.45, 2.75) is 22.7 Å². The van der Waals surface area contributed by atoms with E-state index in [0.29, 0.717) is 21.5 Å². The van der Waals surface area contributed by atoms with Crippen LogP contribution in [0.1, 0.15) is 12.0 Å². The van der Waals surface area contributed by atoms with E-state index in [0.717, 1.165) is 17.8 Å². The van der Waals surface area contributed by atoms with Crippen molar-refractivity contribution in [2.24, 2.45) is 0 Å². The Hall–Kier alpha value is -2.19. The molecule has 0 radical (unpaired) electrons. The van der Waals surface area contributed by atoms with Gasteiger partial charge in [0, 0.05) is 22.0 Å². The molecule has 0 spiro atoms. The van der Waals surface area contributed by atoms with Crippen LogP contribution in [-0.4, -0.2) is 17.1 Å². The van der Waals surface area contributed by atoms with Crippen molar-refractivity contribution < 1.29 is 22.8 Å². The van der Waals surface area contributed by atoms with Crippen molar-refractivity contribution >= 4 is 46.6 Å². The highest BCUT2D eigenvalue weighted by Crippen LogP contribution is 2.41. The second kappa shape index (κ2) is 6.85. The molecule has 2 aromatic rings. The molecule has 2 N–H and O–H groups in total. The fraction of sp³-hybridized carbons (Fsp3) is 0.176. The van der Waals surface area contributed by atoms with Crippen LogP contribution in [0.3, 0.4) is 0 Å². The lowest BCUT2D eigenvalue weighted by atomic mass is 10.1. The molecule has 0 saturated carbocycles. The van der Waals surface area contributed by atoms with Gasteiger partial charge in [-0.25, -0.2) is 4.90 Å². The number of rotatable bonds is 3. The molecule has 0 bridgehead atoms. The minimum Gasteiger partial charge on any atom is -0.399 e. The van der Waals surface area contributed by atoms with E-state index in [2.05, 4.69) is 0 Å². The van der Waals surface area contributed by atoms with Crippen LogP contribution in [0, 0.1) is 0 Å². The molecule has 1 aliphatic rings. The number of nitrogen functional groups attached to an aromatic ring is 1. The van der Waals surface area contributed by atoms with Crippen LogP contribution in [0.5, 0.6) is 0 Å². The Labute approximate surface area is 156 Å². The molecule has 1 atom stereocenters. The smallest absolute Gasteiger partial charge is 0.399 e. The number of imide groups is 1. The van der Waals surface area contributed by atoms with E-state index in [1.807, 2.05) is 0 Å². The summed E-state index contributed by atoms with van der Waals surface area (Å²) in [6.07, 6.45) is -4.93. The summed E-state index contributed by atoms with van der Waals surface area (Å²) in [6.45, 7) is 0. The van der Waals surface area contributed by atoms with E-state index in [1.165, 1.54) is 6.07 Å². The molecule has 9 heteroatoms. The summed E-state index contributed by atoms with van der Waals surface area (Å²) in [6, 6.07) is 9.61. The number of alkyl halides is 3.